The predicted octanol–water partition coefficient (Wildman–Crippen LogP) is 2.13. The Labute approximate surface area is 124 Å². The molecule has 2 heterocycles. The molecule has 0 saturated carbocycles. The van der Waals surface area contributed by atoms with Crippen LogP contribution in [0.25, 0.3) is 0 Å². The Balaban J connectivity index is 1.80. The van der Waals surface area contributed by atoms with Gasteiger partial charge in [0.15, 0.2) is 0 Å². The summed E-state index contributed by atoms with van der Waals surface area (Å²) in [6.07, 6.45) is 3.79. The number of hydrogen-bond donors (Lipinski definition) is 1. The van der Waals surface area contributed by atoms with Crippen molar-refractivity contribution < 1.29 is 9.90 Å². The monoisotopic (exact) mass is 284 g/mol. The maximum atomic E-state index is 12.7. The fraction of sp³-hybridized carbons (Fsp3) is 0.353. The Bertz CT molecular complexity index is 606. The van der Waals surface area contributed by atoms with Gasteiger partial charge in [0, 0.05) is 19.3 Å². The van der Waals surface area contributed by atoms with E-state index in [0.717, 1.165) is 19.4 Å². The van der Waals surface area contributed by atoms with Crippen molar-refractivity contribution >= 4 is 5.91 Å². The van der Waals surface area contributed by atoms with Crippen molar-refractivity contribution in [3.8, 4) is 0 Å². The van der Waals surface area contributed by atoms with Crippen molar-refractivity contribution in [3.63, 3.8) is 0 Å². The molecule has 0 aliphatic carbocycles. The van der Waals surface area contributed by atoms with Gasteiger partial charge in [0.25, 0.3) is 5.91 Å². The highest BCUT2D eigenvalue weighted by molar-refractivity contribution is 5.93. The number of hydrogen-bond acceptors (Lipinski definition) is 2. The fourth-order valence-electron chi connectivity index (χ4n) is 2.97. The van der Waals surface area contributed by atoms with Gasteiger partial charge in [-0.2, -0.15) is 0 Å². The molecule has 0 radical (unpaired) electrons. The fourth-order valence-corrected chi connectivity index (χ4v) is 2.97. The number of nitrogens with zero attached hydrogens (tertiary/aromatic N) is 2. The molecule has 1 fully saturated rings. The SMILES string of the molecule is O=C(c1cccn1Cc1ccccc1)N1CCCC1CO. The van der Waals surface area contributed by atoms with Crippen molar-refractivity contribution in [2.24, 2.45) is 0 Å². The molecule has 2 aromatic rings. The molecule has 1 atom stereocenters. The van der Waals surface area contributed by atoms with Gasteiger partial charge in [0.1, 0.15) is 5.69 Å². The molecule has 1 aromatic carbocycles. The summed E-state index contributed by atoms with van der Waals surface area (Å²) in [5.74, 6) is 0.0208. The first-order chi connectivity index (χ1) is 10.3. The minimum atomic E-state index is -0.0300. The third kappa shape index (κ3) is 2.85. The average Bonchev–Trinajstić information content (AvgIpc) is 3.16. The second-order valence-electron chi connectivity index (χ2n) is 5.48. The van der Waals surface area contributed by atoms with Crippen LogP contribution in [0.5, 0.6) is 0 Å². The second-order valence-corrected chi connectivity index (χ2v) is 5.48. The van der Waals surface area contributed by atoms with E-state index in [-0.39, 0.29) is 18.6 Å². The van der Waals surface area contributed by atoms with Gasteiger partial charge in [-0.25, -0.2) is 0 Å². The number of carbonyl (C=O) groups excluding carboxylic acids is 1. The number of aliphatic hydroxyl groups is 1. The van der Waals surface area contributed by atoms with Gasteiger partial charge in [-0.05, 0) is 30.5 Å². The molecule has 1 aliphatic rings. The molecule has 21 heavy (non-hydrogen) atoms. The summed E-state index contributed by atoms with van der Waals surface area (Å²) in [7, 11) is 0. The molecule has 1 amide bonds. The van der Waals surface area contributed by atoms with Crippen LogP contribution in [-0.4, -0.2) is 39.7 Å². The first kappa shape index (κ1) is 13.9. The number of likely N-dealkylation sites (tertiary alicyclic amines) is 1. The molecule has 0 spiro atoms. The summed E-state index contributed by atoms with van der Waals surface area (Å²) in [6, 6.07) is 13.8. The zero-order chi connectivity index (χ0) is 14.7. The first-order valence-electron chi connectivity index (χ1n) is 7.40. The number of amides is 1. The summed E-state index contributed by atoms with van der Waals surface area (Å²) >= 11 is 0. The second kappa shape index (κ2) is 6.14. The van der Waals surface area contributed by atoms with E-state index < -0.39 is 0 Å². The van der Waals surface area contributed by atoms with Gasteiger partial charge in [-0.3, -0.25) is 4.79 Å². The van der Waals surface area contributed by atoms with E-state index in [4.69, 9.17) is 0 Å². The lowest BCUT2D eigenvalue weighted by Gasteiger charge is -2.23. The topological polar surface area (TPSA) is 45.5 Å². The summed E-state index contributed by atoms with van der Waals surface area (Å²) in [5, 5.41) is 9.39. The van der Waals surface area contributed by atoms with Crippen LogP contribution >= 0.6 is 0 Å². The largest absolute Gasteiger partial charge is 0.394 e. The normalized spacial score (nSPS) is 18.1. The Morgan fingerprint density at radius 3 is 2.76 bits per heavy atom. The molecule has 1 aromatic heterocycles. The van der Waals surface area contributed by atoms with Crippen LogP contribution in [0, 0.1) is 0 Å². The molecule has 1 N–H and O–H groups in total. The van der Waals surface area contributed by atoms with E-state index >= 15 is 0 Å². The lowest BCUT2D eigenvalue weighted by molar-refractivity contribution is 0.0667. The van der Waals surface area contributed by atoms with Crippen molar-refractivity contribution in [1.29, 1.82) is 0 Å². The molecule has 3 rings (SSSR count). The maximum Gasteiger partial charge on any atom is 0.270 e. The van der Waals surface area contributed by atoms with E-state index in [1.165, 1.54) is 5.56 Å². The number of aliphatic hydroxyl groups excluding tert-OH is 1. The quantitative estimate of drug-likeness (QED) is 0.935. The molecular weight excluding hydrogens is 264 g/mol. The third-order valence-corrected chi connectivity index (χ3v) is 4.09. The van der Waals surface area contributed by atoms with Crippen molar-refractivity contribution in [1.82, 2.24) is 9.47 Å². The van der Waals surface area contributed by atoms with Crippen LogP contribution in [0.2, 0.25) is 0 Å². The molecule has 1 aliphatic heterocycles. The zero-order valence-corrected chi connectivity index (χ0v) is 12.0. The Morgan fingerprint density at radius 2 is 2.00 bits per heavy atom. The highest BCUT2D eigenvalue weighted by Crippen LogP contribution is 2.20. The third-order valence-electron chi connectivity index (χ3n) is 4.09. The number of benzene rings is 1. The summed E-state index contributed by atoms with van der Waals surface area (Å²) in [4.78, 5) is 14.5. The van der Waals surface area contributed by atoms with Gasteiger partial charge in [0.2, 0.25) is 0 Å². The molecular formula is C17H20N2O2. The van der Waals surface area contributed by atoms with Crippen LogP contribution in [0.1, 0.15) is 28.9 Å². The Kier molecular flexibility index (Phi) is 4.06. The summed E-state index contributed by atoms with van der Waals surface area (Å²) in [6.45, 7) is 1.47. The molecule has 0 bridgehead atoms. The Hall–Kier alpha value is -2.07. The predicted molar refractivity (Wildman–Crippen MR) is 81.1 cm³/mol. The van der Waals surface area contributed by atoms with Gasteiger partial charge >= 0.3 is 0 Å². The summed E-state index contributed by atoms with van der Waals surface area (Å²) < 4.78 is 1.98. The molecule has 1 unspecified atom stereocenters. The summed E-state index contributed by atoms with van der Waals surface area (Å²) in [5.41, 5.74) is 1.86. The minimum absolute atomic E-state index is 0.0208. The van der Waals surface area contributed by atoms with Crippen LogP contribution in [0.3, 0.4) is 0 Å². The lowest BCUT2D eigenvalue weighted by atomic mass is 10.2. The van der Waals surface area contributed by atoms with Crippen LogP contribution in [0.4, 0.5) is 0 Å². The van der Waals surface area contributed by atoms with Gasteiger partial charge in [-0.15, -0.1) is 0 Å². The van der Waals surface area contributed by atoms with E-state index in [9.17, 15) is 9.90 Å². The number of aromatic nitrogens is 1. The zero-order valence-electron chi connectivity index (χ0n) is 12.0. The molecule has 4 heteroatoms. The van der Waals surface area contributed by atoms with E-state index in [1.54, 1.807) is 4.90 Å². The standard InChI is InChI=1S/C17H20N2O2/c20-13-15-8-4-11-19(15)17(21)16-9-5-10-18(16)12-14-6-2-1-3-7-14/h1-3,5-7,9-10,15,20H,4,8,11-13H2. The average molecular weight is 284 g/mol. The lowest BCUT2D eigenvalue weighted by Crippen LogP contribution is -2.38. The molecule has 1 saturated heterocycles. The minimum Gasteiger partial charge on any atom is -0.394 e. The van der Waals surface area contributed by atoms with Crippen LogP contribution < -0.4 is 0 Å². The maximum absolute atomic E-state index is 12.7. The molecule has 110 valence electrons. The van der Waals surface area contributed by atoms with Crippen molar-refractivity contribution in [2.75, 3.05) is 13.2 Å². The van der Waals surface area contributed by atoms with E-state index in [0.29, 0.717) is 12.2 Å². The smallest absolute Gasteiger partial charge is 0.270 e. The van der Waals surface area contributed by atoms with Crippen molar-refractivity contribution in [3.05, 3.63) is 59.9 Å². The van der Waals surface area contributed by atoms with Gasteiger partial charge in [-0.1, -0.05) is 30.3 Å². The van der Waals surface area contributed by atoms with Crippen molar-refractivity contribution in [2.45, 2.75) is 25.4 Å². The number of carbonyl (C=O) groups is 1. The Morgan fingerprint density at radius 1 is 1.19 bits per heavy atom. The van der Waals surface area contributed by atoms with Crippen LogP contribution in [0.15, 0.2) is 48.7 Å². The first-order valence-corrected chi connectivity index (χ1v) is 7.40. The van der Waals surface area contributed by atoms with E-state index in [2.05, 4.69) is 12.1 Å². The number of rotatable bonds is 4. The van der Waals surface area contributed by atoms with Gasteiger partial charge < -0.3 is 14.6 Å². The van der Waals surface area contributed by atoms with Crippen LogP contribution in [-0.2, 0) is 6.54 Å². The molecule has 4 nitrogen and oxygen atoms in total. The van der Waals surface area contributed by atoms with Gasteiger partial charge in [0.05, 0.1) is 12.6 Å². The highest BCUT2D eigenvalue weighted by atomic mass is 16.3. The van der Waals surface area contributed by atoms with E-state index in [1.807, 2.05) is 41.1 Å². The highest BCUT2D eigenvalue weighted by Gasteiger charge is 2.29.